The van der Waals surface area contributed by atoms with Crippen LogP contribution in [0.1, 0.15) is 6.42 Å². The first-order valence-corrected chi connectivity index (χ1v) is 16.4. The van der Waals surface area contributed by atoms with Crippen LogP contribution in [-0.4, -0.2) is 84.1 Å². The van der Waals surface area contributed by atoms with Gasteiger partial charge in [0.2, 0.25) is 0 Å². The number of benzene rings is 3. The number of fused-ring (bicyclic) bond motifs is 1. The smallest absolute Gasteiger partial charge is 0.290 e. The molecule has 0 unspecified atom stereocenters. The Kier molecular flexibility index (Phi) is 10.8. The maximum atomic E-state index is 14.0. The van der Waals surface area contributed by atoms with E-state index in [1.165, 1.54) is 24.0 Å². The van der Waals surface area contributed by atoms with E-state index in [4.69, 9.17) is 9.90 Å². The summed E-state index contributed by atoms with van der Waals surface area (Å²) in [5.41, 5.74) is 3.81. The van der Waals surface area contributed by atoms with Crippen molar-refractivity contribution >= 4 is 44.6 Å². The quantitative estimate of drug-likeness (QED) is 0.171. The van der Waals surface area contributed by atoms with E-state index in [-0.39, 0.29) is 12.2 Å². The van der Waals surface area contributed by atoms with Crippen molar-refractivity contribution in [2.24, 2.45) is 0 Å². The molecule has 3 aromatic carbocycles. The summed E-state index contributed by atoms with van der Waals surface area (Å²) >= 11 is 0. The van der Waals surface area contributed by atoms with E-state index in [1.807, 2.05) is 6.07 Å². The van der Waals surface area contributed by atoms with Crippen LogP contribution in [0.5, 0.6) is 0 Å². The van der Waals surface area contributed by atoms with Crippen molar-refractivity contribution in [3.8, 4) is 11.3 Å². The average Bonchev–Trinajstić information content (AvgIpc) is 3.45. The molecular formula is C33H35F2N7O4S. The van der Waals surface area contributed by atoms with Gasteiger partial charge in [-0.15, -0.1) is 0 Å². The van der Waals surface area contributed by atoms with E-state index in [9.17, 15) is 17.2 Å². The molecule has 246 valence electrons. The van der Waals surface area contributed by atoms with Crippen LogP contribution >= 0.6 is 0 Å². The molecule has 1 aliphatic rings. The molecule has 0 saturated carbocycles. The van der Waals surface area contributed by atoms with Crippen molar-refractivity contribution in [1.29, 1.82) is 0 Å². The Balaban J connectivity index is 0.00000139. The Morgan fingerprint density at radius 3 is 2.34 bits per heavy atom. The second kappa shape index (κ2) is 15.1. The number of carboxylic acid groups (broad SMARTS) is 1. The molecule has 5 aromatic rings. The Labute approximate surface area is 271 Å². The van der Waals surface area contributed by atoms with Crippen LogP contribution in [-0.2, 0) is 21.4 Å². The van der Waals surface area contributed by atoms with Crippen molar-refractivity contribution in [2.45, 2.75) is 17.9 Å². The minimum atomic E-state index is -4.23. The lowest BCUT2D eigenvalue weighted by atomic mass is 10.1. The van der Waals surface area contributed by atoms with Gasteiger partial charge in [0.15, 0.2) is 0 Å². The van der Waals surface area contributed by atoms with Gasteiger partial charge in [0.1, 0.15) is 28.7 Å². The van der Waals surface area contributed by atoms with E-state index in [2.05, 4.69) is 71.9 Å². The number of carbonyl (C=O) groups is 1. The van der Waals surface area contributed by atoms with Crippen LogP contribution in [0.25, 0.3) is 22.2 Å². The summed E-state index contributed by atoms with van der Waals surface area (Å²) in [5.74, 6) is -1.45. The van der Waals surface area contributed by atoms with Crippen LogP contribution < -0.4 is 10.0 Å². The van der Waals surface area contributed by atoms with E-state index in [0.717, 1.165) is 74.5 Å². The summed E-state index contributed by atoms with van der Waals surface area (Å²) in [6.07, 6.45) is 4.74. The van der Waals surface area contributed by atoms with Crippen LogP contribution in [0, 0.1) is 11.6 Å². The molecule has 6 rings (SSSR count). The molecule has 0 bridgehead atoms. The van der Waals surface area contributed by atoms with Gasteiger partial charge in [-0.05, 0) is 74.6 Å². The second-order valence-corrected chi connectivity index (χ2v) is 12.7. The molecule has 0 amide bonds. The van der Waals surface area contributed by atoms with Gasteiger partial charge in [0.05, 0.1) is 5.69 Å². The van der Waals surface area contributed by atoms with Crippen molar-refractivity contribution < 1.29 is 27.1 Å². The zero-order chi connectivity index (χ0) is 33.4. The predicted molar refractivity (Wildman–Crippen MR) is 177 cm³/mol. The second-order valence-electron chi connectivity index (χ2n) is 11.1. The van der Waals surface area contributed by atoms with Crippen molar-refractivity contribution in [2.75, 3.05) is 49.8 Å². The number of aryl methyl sites for hydroxylation is 1. The predicted octanol–water partition coefficient (Wildman–Crippen LogP) is 5.26. The molecule has 3 heterocycles. The highest BCUT2D eigenvalue weighted by molar-refractivity contribution is 7.92. The zero-order valence-electron chi connectivity index (χ0n) is 25.7. The molecule has 47 heavy (non-hydrogen) atoms. The highest BCUT2D eigenvalue weighted by Gasteiger charge is 2.20. The van der Waals surface area contributed by atoms with Crippen molar-refractivity contribution in [3.63, 3.8) is 0 Å². The van der Waals surface area contributed by atoms with Gasteiger partial charge in [-0.1, -0.05) is 6.07 Å². The maximum absolute atomic E-state index is 14.0. The van der Waals surface area contributed by atoms with Crippen LogP contribution in [0.3, 0.4) is 0 Å². The van der Waals surface area contributed by atoms with Gasteiger partial charge in [-0.25, -0.2) is 27.2 Å². The Morgan fingerprint density at radius 2 is 1.62 bits per heavy atom. The number of hydrogen-bond donors (Lipinski definition) is 3. The Hall–Kier alpha value is -4.92. The third-order valence-electron chi connectivity index (χ3n) is 7.80. The van der Waals surface area contributed by atoms with Crippen molar-refractivity contribution in [1.82, 2.24) is 24.3 Å². The monoisotopic (exact) mass is 663 g/mol. The molecular weight excluding hydrogens is 628 g/mol. The fourth-order valence-corrected chi connectivity index (χ4v) is 6.47. The highest BCUT2D eigenvalue weighted by Crippen LogP contribution is 2.27. The number of hydrogen-bond acceptors (Lipinski definition) is 8. The first kappa shape index (κ1) is 33.4. The van der Waals surface area contributed by atoms with Gasteiger partial charge >= 0.3 is 0 Å². The molecule has 2 aromatic heterocycles. The summed E-state index contributed by atoms with van der Waals surface area (Å²) in [5, 5.41) is 11.2. The topological polar surface area (TPSA) is 133 Å². The maximum Gasteiger partial charge on any atom is 0.290 e. The summed E-state index contributed by atoms with van der Waals surface area (Å²) < 4.78 is 57.0. The molecule has 11 nitrogen and oxygen atoms in total. The number of nitrogens with one attached hydrogen (secondary N) is 2. The van der Waals surface area contributed by atoms with E-state index in [0.29, 0.717) is 17.6 Å². The number of halogens is 2. The Morgan fingerprint density at radius 1 is 0.894 bits per heavy atom. The molecule has 0 aliphatic carbocycles. The molecule has 1 aliphatic heterocycles. The number of rotatable bonds is 10. The van der Waals surface area contributed by atoms with E-state index >= 15 is 0 Å². The number of likely N-dealkylation sites (N-methyl/N-ethyl adjacent to an activating group) is 1. The largest absolute Gasteiger partial charge is 0.483 e. The van der Waals surface area contributed by atoms with Gasteiger partial charge in [0.25, 0.3) is 16.5 Å². The molecule has 3 N–H and O–H groups in total. The van der Waals surface area contributed by atoms with Crippen LogP contribution in [0.2, 0.25) is 0 Å². The van der Waals surface area contributed by atoms with Crippen LogP contribution in [0.4, 0.5) is 26.0 Å². The lowest BCUT2D eigenvalue weighted by Crippen LogP contribution is -2.44. The lowest BCUT2D eigenvalue weighted by molar-refractivity contribution is -0.122. The first-order valence-electron chi connectivity index (χ1n) is 14.9. The first-order chi connectivity index (χ1) is 22.6. The van der Waals surface area contributed by atoms with Gasteiger partial charge < -0.3 is 24.8 Å². The SMILES string of the molecule is CN1CCN(CCCn2ccc3cc(-c4cc(Nc5ccc(NS(=O)(=O)c6ccc(F)cc6F)cc5)ncn4)ccc32)CC1.O=CO. The number of anilines is 3. The number of aromatic nitrogens is 3. The van der Waals surface area contributed by atoms with E-state index in [1.54, 1.807) is 12.1 Å². The molecule has 0 atom stereocenters. The molecule has 14 heteroatoms. The minimum absolute atomic E-state index is 0.224. The number of piperazine rings is 1. The summed E-state index contributed by atoms with van der Waals surface area (Å²) in [6, 6.07) is 19.0. The fourth-order valence-electron chi connectivity index (χ4n) is 5.35. The molecule has 1 saturated heterocycles. The molecule has 0 radical (unpaired) electrons. The summed E-state index contributed by atoms with van der Waals surface area (Å²) in [6.45, 7) is 6.37. The standard InChI is InChI=1S/C32H33F2N7O2S.CH2O2/c1-39-15-17-40(18-16-39)12-2-13-41-14-11-24-19-23(3-9-30(24)41)29-21-32(36-22-35-29)37-26-5-7-27(8-6-26)38-44(42,43)31-10-4-25(33)20-28(31)34;2-1-3/h3-11,14,19-22,38H,2,12-13,15-18H2,1H3,(H,35,36,37);1H,(H,2,3). The third-order valence-corrected chi connectivity index (χ3v) is 9.21. The van der Waals surface area contributed by atoms with Gasteiger partial charge in [-0.2, -0.15) is 0 Å². The summed E-state index contributed by atoms with van der Waals surface area (Å²) in [7, 11) is -2.05. The average molecular weight is 664 g/mol. The summed E-state index contributed by atoms with van der Waals surface area (Å²) in [4.78, 5) is 21.4. The number of nitrogens with zero attached hydrogens (tertiary/aromatic N) is 5. The zero-order valence-corrected chi connectivity index (χ0v) is 26.5. The van der Waals surface area contributed by atoms with Gasteiger partial charge in [0, 0.05) is 78.9 Å². The normalized spacial score (nSPS) is 13.9. The van der Waals surface area contributed by atoms with Gasteiger partial charge in [-0.3, -0.25) is 9.52 Å². The highest BCUT2D eigenvalue weighted by atomic mass is 32.2. The molecule has 0 spiro atoms. The fraction of sp³-hybridized carbons (Fsp3) is 0.242. The minimum Gasteiger partial charge on any atom is -0.483 e. The Bertz CT molecular complexity index is 1930. The molecule has 1 fully saturated rings. The number of sulfonamides is 1. The van der Waals surface area contributed by atoms with Crippen LogP contribution in [0.15, 0.2) is 90.2 Å². The third kappa shape index (κ3) is 8.67. The van der Waals surface area contributed by atoms with E-state index < -0.39 is 26.6 Å². The lowest BCUT2D eigenvalue weighted by Gasteiger charge is -2.32. The van der Waals surface area contributed by atoms with Crippen molar-refractivity contribution in [3.05, 3.63) is 97.0 Å².